The predicted octanol–water partition coefficient (Wildman–Crippen LogP) is 1.83. The minimum atomic E-state index is 0.294. The zero-order valence-corrected chi connectivity index (χ0v) is 8.81. The van der Waals surface area contributed by atoms with Gasteiger partial charge in [0.25, 0.3) is 0 Å². The average Bonchev–Trinajstić information content (AvgIpc) is 2.33. The highest BCUT2D eigenvalue weighted by molar-refractivity contribution is 5.90. The van der Waals surface area contributed by atoms with Crippen LogP contribution in [-0.4, -0.2) is 18.1 Å². The van der Waals surface area contributed by atoms with E-state index in [1.54, 1.807) is 6.07 Å². The number of hydrogen-bond donors (Lipinski definition) is 2. The highest BCUT2D eigenvalue weighted by atomic mass is 16.3. The minimum absolute atomic E-state index is 0.294. The molecule has 0 saturated heterocycles. The number of phenols is 1. The first-order valence-electron chi connectivity index (χ1n) is 5.19. The molecule has 3 nitrogen and oxygen atoms in total. The summed E-state index contributed by atoms with van der Waals surface area (Å²) in [6.45, 7) is 0.609. The molecule has 2 aromatic carbocycles. The standard InChI is InChI=1S/C13H13NO2/c15-9-14-8-7-10-5-6-13(16)12-4-2-1-3-11(10)12/h1-6,9,16H,7-8H2,(H,14,15). The van der Waals surface area contributed by atoms with Gasteiger partial charge in [-0.05, 0) is 23.4 Å². The summed E-state index contributed by atoms with van der Waals surface area (Å²) in [4.78, 5) is 10.2. The van der Waals surface area contributed by atoms with Gasteiger partial charge >= 0.3 is 0 Å². The minimum Gasteiger partial charge on any atom is -0.507 e. The topological polar surface area (TPSA) is 49.3 Å². The van der Waals surface area contributed by atoms with Gasteiger partial charge in [-0.25, -0.2) is 0 Å². The van der Waals surface area contributed by atoms with Gasteiger partial charge in [0.2, 0.25) is 6.41 Å². The van der Waals surface area contributed by atoms with Crippen molar-refractivity contribution in [2.24, 2.45) is 0 Å². The van der Waals surface area contributed by atoms with Crippen LogP contribution in [0.1, 0.15) is 5.56 Å². The average molecular weight is 215 g/mol. The van der Waals surface area contributed by atoms with Crippen LogP contribution < -0.4 is 5.32 Å². The fourth-order valence-corrected chi connectivity index (χ4v) is 1.83. The maximum absolute atomic E-state index is 10.2. The summed E-state index contributed by atoms with van der Waals surface area (Å²) in [5.74, 6) is 0.294. The Labute approximate surface area is 93.7 Å². The molecule has 0 aliphatic heterocycles. The van der Waals surface area contributed by atoms with Crippen LogP contribution in [0.15, 0.2) is 36.4 Å². The van der Waals surface area contributed by atoms with E-state index in [0.717, 1.165) is 22.8 Å². The SMILES string of the molecule is O=CNCCc1ccc(O)c2ccccc12. The maximum atomic E-state index is 10.2. The van der Waals surface area contributed by atoms with Gasteiger partial charge in [0.05, 0.1) is 0 Å². The number of benzene rings is 2. The molecule has 0 atom stereocenters. The Morgan fingerprint density at radius 2 is 1.88 bits per heavy atom. The summed E-state index contributed by atoms with van der Waals surface area (Å²) in [7, 11) is 0. The van der Waals surface area contributed by atoms with Crippen molar-refractivity contribution < 1.29 is 9.90 Å². The smallest absolute Gasteiger partial charge is 0.207 e. The molecule has 2 N–H and O–H groups in total. The molecular formula is C13H13NO2. The molecular weight excluding hydrogens is 202 g/mol. The number of carbonyl (C=O) groups excluding carboxylic acids is 1. The van der Waals surface area contributed by atoms with Crippen LogP contribution in [0.25, 0.3) is 10.8 Å². The molecule has 0 fully saturated rings. The molecule has 2 rings (SSSR count). The molecule has 0 spiro atoms. The maximum Gasteiger partial charge on any atom is 0.207 e. The van der Waals surface area contributed by atoms with Crippen molar-refractivity contribution in [1.82, 2.24) is 5.32 Å². The Kier molecular flexibility index (Phi) is 3.05. The van der Waals surface area contributed by atoms with Crippen molar-refractivity contribution in [1.29, 1.82) is 0 Å². The van der Waals surface area contributed by atoms with E-state index in [4.69, 9.17) is 0 Å². The second-order valence-corrected chi connectivity index (χ2v) is 3.61. The van der Waals surface area contributed by atoms with Crippen molar-refractivity contribution in [3.63, 3.8) is 0 Å². The van der Waals surface area contributed by atoms with Crippen LogP contribution in [0.5, 0.6) is 5.75 Å². The lowest BCUT2D eigenvalue weighted by molar-refractivity contribution is -0.109. The van der Waals surface area contributed by atoms with Gasteiger partial charge in [0.1, 0.15) is 5.75 Å². The third-order valence-electron chi connectivity index (χ3n) is 2.61. The van der Waals surface area contributed by atoms with Gasteiger partial charge in [0.15, 0.2) is 0 Å². The molecule has 1 amide bonds. The fraction of sp³-hybridized carbons (Fsp3) is 0.154. The molecule has 0 aromatic heterocycles. The summed E-state index contributed by atoms with van der Waals surface area (Å²) in [6.07, 6.45) is 1.46. The summed E-state index contributed by atoms with van der Waals surface area (Å²) in [6, 6.07) is 11.3. The van der Waals surface area contributed by atoms with Gasteiger partial charge in [-0.2, -0.15) is 0 Å². The monoisotopic (exact) mass is 215 g/mol. The molecule has 0 bridgehead atoms. The van der Waals surface area contributed by atoms with Gasteiger partial charge in [-0.1, -0.05) is 30.3 Å². The van der Waals surface area contributed by atoms with Crippen LogP contribution in [0.3, 0.4) is 0 Å². The van der Waals surface area contributed by atoms with Gasteiger partial charge in [0, 0.05) is 11.9 Å². The first-order chi connectivity index (χ1) is 7.83. The molecule has 16 heavy (non-hydrogen) atoms. The van der Waals surface area contributed by atoms with Crippen LogP contribution in [0.2, 0.25) is 0 Å². The predicted molar refractivity (Wildman–Crippen MR) is 63.4 cm³/mol. The van der Waals surface area contributed by atoms with Crippen LogP contribution in [0, 0.1) is 0 Å². The normalized spacial score (nSPS) is 10.2. The van der Waals surface area contributed by atoms with E-state index in [9.17, 15) is 9.90 Å². The van der Waals surface area contributed by atoms with E-state index >= 15 is 0 Å². The summed E-state index contributed by atoms with van der Waals surface area (Å²) >= 11 is 0. The van der Waals surface area contributed by atoms with Crippen LogP contribution in [0.4, 0.5) is 0 Å². The first-order valence-corrected chi connectivity index (χ1v) is 5.19. The molecule has 0 heterocycles. The number of rotatable bonds is 4. The third kappa shape index (κ3) is 1.98. The third-order valence-corrected chi connectivity index (χ3v) is 2.61. The van der Waals surface area contributed by atoms with E-state index in [1.165, 1.54) is 0 Å². The number of aromatic hydroxyl groups is 1. The second kappa shape index (κ2) is 4.66. The molecule has 2 aromatic rings. The molecule has 3 heteroatoms. The van der Waals surface area contributed by atoms with Crippen molar-refractivity contribution in [3.05, 3.63) is 42.0 Å². The quantitative estimate of drug-likeness (QED) is 0.604. The molecule has 0 radical (unpaired) electrons. The van der Waals surface area contributed by atoms with Crippen molar-refractivity contribution in [3.8, 4) is 5.75 Å². The van der Waals surface area contributed by atoms with Crippen LogP contribution >= 0.6 is 0 Å². The molecule has 0 aliphatic carbocycles. The lowest BCUT2D eigenvalue weighted by Gasteiger charge is -2.07. The van der Waals surface area contributed by atoms with Gasteiger partial charge in [-0.15, -0.1) is 0 Å². The number of hydrogen-bond acceptors (Lipinski definition) is 2. The Morgan fingerprint density at radius 1 is 1.12 bits per heavy atom. The van der Waals surface area contributed by atoms with Crippen molar-refractivity contribution in [2.75, 3.05) is 6.54 Å². The molecule has 0 saturated carbocycles. The number of carbonyl (C=O) groups is 1. The largest absolute Gasteiger partial charge is 0.507 e. The van der Waals surface area contributed by atoms with Crippen molar-refractivity contribution >= 4 is 17.2 Å². The van der Waals surface area contributed by atoms with E-state index < -0.39 is 0 Å². The fourth-order valence-electron chi connectivity index (χ4n) is 1.83. The van der Waals surface area contributed by atoms with E-state index in [1.807, 2.05) is 30.3 Å². The summed E-state index contributed by atoms with van der Waals surface area (Å²) in [5.41, 5.74) is 1.13. The zero-order valence-electron chi connectivity index (χ0n) is 8.81. The second-order valence-electron chi connectivity index (χ2n) is 3.61. The van der Waals surface area contributed by atoms with Gasteiger partial charge in [-0.3, -0.25) is 4.79 Å². The number of fused-ring (bicyclic) bond motifs is 1. The Hall–Kier alpha value is -2.03. The number of amides is 1. The van der Waals surface area contributed by atoms with Gasteiger partial charge < -0.3 is 10.4 Å². The van der Waals surface area contributed by atoms with E-state index in [2.05, 4.69) is 5.32 Å². The highest BCUT2D eigenvalue weighted by Crippen LogP contribution is 2.27. The summed E-state index contributed by atoms with van der Waals surface area (Å²) < 4.78 is 0. The molecule has 0 unspecified atom stereocenters. The number of phenolic OH excluding ortho intramolecular Hbond substituents is 1. The first kappa shape index (κ1) is 10.5. The Morgan fingerprint density at radius 3 is 2.62 bits per heavy atom. The summed E-state index contributed by atoms with van der Waals surface area (Å²) in [5, 5.41) is 14.2. The highest BCUT2D eigenvalue weighted by Gasteiger charge is 2.03. The Bertz CT molecular complexity index is 508. The van der Waals surface area contributed by atoms with E-state index in [0.29, 0.717) is 18.7 Å². The Balaban J connectivity index is 2.38. The molecule has 82 valence electrons. The van der Waals surface area contributed by atoms with E-state index in [-0.39, 0.29) is 0 Å². The van der Waals surface area contributed by atoms with Crippen LogP contribution in [-0.2, 0) is 11.2 Å². The lowest BCUT2D eigenvalue weighted by atomic mass is 10.0. The zero-order chi connectivity index (χ0) is 11.4. The van der Waals surface area contributed by atoms with Crippen molar-refractivity contribution in [2.45, 2.75) is 6.42 Å². The molecule has 0 aliphatic rings. The lowest BCUT2D eigenvalue weighted by Crippen LogP contribution is -2.14. The number of nitrogens with one attached hydrogen (secondary N) is 1.